The zero-order valence-corrected chi connectivity index (χ0v) is 6.15. The lowest BCUT2D eigenvalue weighted by molar-refractivity contribution is 0.565. The summed E-state index contributed by atoms with van der Waals surface area (Å²) in [6, 6.07) is 0. The number of nitrogens with zero attached hydrogens (tertiary/aromatic N) is 1. The average Bonchev–Trinajstić information content (AvgIpc) is 1.82. The molecule has 0 aliphatic heterocycles. The smallest absolute Gasteiger partial charge is 0.0931 e. The van der Waals surface area contributed by atoms with E-state index < -0.39 is 0 Å². The van der Waals surface area contributed by atoms with Crippen LogP contribution in [0.3, 0.4) is 0 Å². The normalized spacial score (nSPS) is 7.44. The van der Waals surface area contributed by atoms with Gasteiger partial charge in [-0.15, -0.1) is 5.92 Å². The van der Waals surface area contributed by atoms with E-state index in [1.165, 1.54) is 0 Å². The third-order valence-electron chi connectivity index (χ3n) is 1.07. The van der Waals surface area contributed by atoms with Gasteiger partial charge in [0, 0.05) is 7.05 Å². The molecule has 0 saturated carbocycles. The highest BCUT2D eigenvalue weighted by Crippen LogP contribution is 1.79. The topological polar surface area (TPSA) is 27.1 Å². The Morgan fingerprint density at radius 2 is 2.22 bits per heavy atom. The molecule has 2 heteroatoms. The summed E-state index contributed by atoms with van der Waals surface area (Å²) in [6.07, 6.45) is 0. The van der Waals surface area contributed by atoms with E-state index in [9.17, 15) is 0 Å². The molecule has 1 N–H and O–H groups in total. The highest BCUT2D eigenvalue weighted by molar-refractivity contribution is 5.76. The first-order chi connectivity index (χ1) is 4.18. The van der Waals surface area contributed by atoms with Crippen molar-refractivity contribution in [2.45, 2.75) is 13.8 Å². The van der Waals surface area contributed by atoms with Crippen LogP contribution in [0.15, 0.2) is 0 Å². The molecule has 0 fully saturated rings. The van der Waals surface area contributed by atoms with Crippen molar-refractivity contribution in [1.82, 2.24) is 4.90 Å². The molecular formula is C7H12N2. The van der Waals surface area contributed by atoms with E-state index in [-0.39, 0.29) is 0 Å². The summed E-state index contributed by atoms with van der Waals surface area (Å²) in [5, 5.41) is 7.14. The predicted molar refractivity (Wildman–Crippen MR) is 39.5 cm³/mol. The predicted octanol–water partition coefficient (Wildman–Crippen LogP) is 0.939. The zero-order valence-electron chi connectivity index (χ0n) is 6.15. The van der Waals surface area contributed by atoms with Crippen molar-refractivity contribution in [3.63, 3.8) is 0 Å². The molecule has 0 atom stereocenters. The Hall–Kier alpha value is -0.970. The van der Waals surface area contributed by atoms with Crippen molar-refractivity contribution in [3.05, 3.63) is 0 Å². The summed E-state index contributed by atoms with van der Waals surface area (Å²) in [6.45, 7) is 4.20. The molecule has 0 rings (SSSR count). The van der Waals surface area contributed by atoms with Crippen LogP contribution in [0.25, 0.3) is 0 Å². The van der Waals surface area contributed by atoms with Gasteiger partial charge in [-0.05, 0) is 13.8 Å². The Morgan fingerprint density at radius 3 is 2.56 bits per heavy atom. The van der Waals surface area contributed by atoms with Gasteiger partial charge in [-0.25, -0.2) is 0 Å². The van der Waals surface area contributed by atoms with E-state index in [2.05, 4.69) is 11.8 Å². The van der Waals surface area contributed by atoms with Gasteiger partial charge in [0.15, 0.2) is 0 Å². The lowest BCUT2D eigenvalue weighted by atomic mass is 10.5. The van der Waals surface area contributed by atoms with Crippen molar-refractivity contribution in [3.8, 4) is 11.8 Å². The van der Waals surface area contributed by atoms with Crippen LogP contribution in [0.4, 0.5) is 0 Å². The van der Waals surface area contributed by atoms with Crippen molar-refractivity contribution in [2.75, 3.05) is 13.6 Å². The molecule has 50 valence electrons. The van der Waals surface area contributed by atoms with Gasteiger partial charge in [-0.3, -0.25) is 5.41 Å². The quantitative estimate of drug-likeness (QED) is 0.314. The minimum Gasteiger partial charge on any atom is -0.353 e. The van der Waals surface area contributed by atoms with Crippen LogP contribution >= 0.6 is 0 Å². The summed E-state index contributed by atoms with van der Waals surface area (Å²) in [4.78, 5) is 1.79. The Balaban J connectivity index is 3.59. The molecule has 0 unspecified atom stereocenters. The fourth-order valence-corrected chi connectivity index (χ4v) is 0.316. The third-order valence-corrected chi connectivity index (χ3v) is 1.07. The van der Waals surface area contributed by atoms with Crippen LogP contribution < -0.4 is 0 Å². The van der Waals surface area contributed by atoms with Crippen LogP contribution in [-0.2, 0) is 0 Å². The first-order valence-corrected chi connectivity index (χ1v) is 2.84. The highest BCUT2D eigenvalue weighted by atomic mass is 15.1. The fourth-order valence-electron chi connectivity index (χ4n) is 0.316. The van der Waals surface area contributed by atoms with Crippen LogP contribution in [0.2, 0.25) is 0 Å². The second kappa shape index (κ2) is 3.96. The fraction of sp³-hybridized carbons (Fsp3) is 0.571. The van der Waals surface area contributed by atoms with Gasteiger partial charge in [-0.2, -0.15) is 0 Å². The molecular weight excluding hydrogens is 112 g/mol. The van der Waals surface area contributed by atoms with E-state index in [0.29, 0.717) is 12.4 Å². The monoisotopic (exact) mass is 124 g/mol. The Morgan fingerprint density at radius 1 is 1.67 bits per heavy atom. The molecule has 0 heterocycles. The standard InChI is InChI=1S/C7H12N2/c1-4-5-6-9(3)7(2)8/h8H,6H2,1-3H3. The first-order valence-electron chi connectivity index (χ1n) is 2.84. The van der Waals surface area contributed by atoms with E-state index in [1.54, 1.807) is 18.7 Å². The Labute approximate surface area is 56.4 Å². The van der Waals surface area contributed by atoms with Gasteiger partial charge in [0.1, 0.15) is 0 Å². The number of hydrogen-bond acceptors (Lipinski definition) is 1. The van der Waals surface area contributed by atoms with Crippen molar-refractivity contribution < 1.29 is 0 Å². The summed E-state index contributed by atoms with van der Waals surface area (Å²) < 4.78 is 0. The molecule has 0 aliphatic carbocycles. The summed E-state index contributed by atoms with van der Waals surface area (Å²) in [5.74, 6) is 6.18. The first kappa shape index (κ1) is 8.03. The van der Waals surface area contributed by atoms with E-state index in [4.69, 9.17) is 5.41 Å². The molecule has 0 aromatic carbocycles. The molecule has 0 bridgehead atoms. The lowest BCUT2D eigenvalue weighted by Crippen LogP contribution is -2.23. The number of hydrogen-bond donors (Lipinski definition) is 1. The second-order valence-corrected chi connectivity index (χ2v) is 1.87. The molecule has 0 aromatic rings. The van der Waals surface area contributed by atoms with Gasteiger partial charge in [-0.1, -0.05) is 5.92 Å². The molecule has 0 saturated heterocycles. The molecule has 9 heavy (non-hydrogen) atoms. The van der Waals surface area contributed by atoms with Crippen molar-refractivity contribution >= 4 is 5.84 Å². The SMILES string of the molecule is CC#CCN(C)C(C)=N. The van der Waals surface area contributed by atoms with Gasteiger partial charge in [0.2, 0.25) is 0 Å². The lowest BCUT2D eigenvalue weighted by Gasteiger charge is -2.11. The average molecular weight is 124 g/mol. The van der Waals surface area contributed by atoms with E-state index in [1.807, 2.05) is 7.05 Å². The number of amidine groups is 1. The minimum absolute atomic E-state index is 0.553. The highest BCUT2D eigenvalue weighted by Gasteiger charge is 1.91. The summed E-state index contributed by atoms with van der Waals surface area (Å²) in [7, 11) is 1.85. The van der Waals surface area contributed by atoms with Crippen LogP contribution in [0.1, 0.15) is 13.8 Å². The number of nitrogens with one attached hydrogen (secondary N) is 1. The van der Waals surface area contributed by atoms with Crippen LogP contribution in [0, 0.1) is 17.3 Å². The minimum atomic E-state index is 0.553. The largest absolute Gasteiger partial charge is 0.353 e. The van der Waals surface area contributed by atoms with Crippen LogP contribution in [-0.4, -0.2) is 24.3 Å². The van der Waals surface area contributed by atoms with Crippen molar-refractivity contribution in [1.29, 1.82) is 5.41 Å². The van der Waals surface area contributed by atoms with Gasteiger partial charge in [0.05, 0.1) is 12.4 Å². The molecule has 0 spiro atoms. The molecule has 0 aliphatic rings. The van der Waals surface area contributed by atoms with Crippen LogP contribution in [0.5, 0.6) is 0 Å². The maximum Gasteiger partial charge on any atom is 0.0931 e. The molecule has 0 amide bonds. The summed E-state index contributed by atoms with van der Waals surface area (Å²) in [5.41, 5.74) is 0. The number of rotatable bonds is 1. The summed E-state index contributed by atoms with van der Waals surface area (Å²) >= 11 is 0. The molecule has 0 radical (unpaired) electrons. The Kier molecular flexibility index (Phi) is 3.54. The third kappa shape index (κ3) is 3.60. The van der Waals surface area contributed by atoms with Gasteiger partial charge in [0.25, 0.3) is 0 Å². The van der Waals surface area contributed by atoms with E-state index >= 15 is 0 Å². The molecule has 0 aromatic heterocycles. The van der Waals surface area contributed by atoms with Gasteiger partial charge >= 0.3 is 0 Å². The second-order valence-electron chi connectivity index (χ2n) is 1.87. The maximum absolute atomic E-state index is 7.14. The van der Waals surface area contributed by atoms with Gasteiger partial charge < -0.3 is 4.90 Å². The maximum atomic E-state index is 7.14. The molecule has 2 nitrogen and oxygen atoms in total. The zero-order chi connectivity index (χ0) is 7.28. The van der Waals surface area contributed by atoms with E-state index in [0.717, 1.165) is 0 Å². The van der Waals surface area contributed by atoms with Crippen molar-refractivity contribution in [2.24, 2.45) is 0 Å². The Bertz CT molecular complexity index is 150.